The van der Waals surface area contributed by atoms with Gasteiger partial charge < -0.3 is 19.3 Å². The average molecular weight is 559 g/mol. The van der Waals surface area contributed by atoms with Crippen LogP contribution in [0.25, 0.3) is 16.8 Å². The van der Waals surface area contributed by atoms with E-state index in [2.05, 4.69) is 0 Å². The molecule has 1 atom stereocenters. The molecule has 1 N–H and O–H groups in total. The van der Waals surface area contributed by atoms with Crippen molar-refractivity contribution in [2.75, 3.05) is 20.8 Å². The molecule has 1 aromatic heterocycles. The SMILES string of the molecule is CCCC1=C(C(=O)OCC)[C@H](c2c(OC)ccc3ccccc23)n2c(s/c(=C\c3ccc(OC)c(O)c3)c2=O)=N1. The summed E-state index contributed by atoms with van der Waals surface area (Å²) in [4.78, 5) is 33.0. The molecule has 0 spiro atoms. The Kier molecular flexibility index (Phi) is 7.75. The van der Waals surface area contributed by atoms with Crippen molar-refractivity contribution in [2.24, 2.45) is 4.99 Å². The number of carbonyl (C=O) groups excluding carboxylic acids is 1. The highest BCUT2D eigenvalue weighted by atomic mass is 32.1. The van der Waals surface area contributed by atoms with Gasteiger partial charge in [-0.2, -0.15) is 0 Å². The molecule has 0 unspecified atom stereocenters. The summed E-state index contributed by atoms with van der Waals surface area (Å²) in [5.74, 6) is 0.351. The average Bonchev–Trinajstić information content (AvgIpc) is 3.26. The summed E-state index contributed by atoms with van der Waals surface area (Å²) in [7, 11) is 3.05. The number of ether oxygens (including phenoxy) is 3. The van der Waals surface area contributed by atoms with Crippen LogP contribution in [-0.4, -0.2) is 36.5 Å². The van der Waals surface area contributed by atoms with E-state index in [1.165, 1.54) is 24.5 Å². The fraction of sp³-hybridized carbons (Fsp3) is 0.258. The smallest absolute Gasteiger partial charge is 0.338 e. The molecule has 4 aromatic rings. The number of methoxy groups -OCH3 is 2. The van der Waals surface area contributed by atoms with Gasteiger partial charge >= 0.3 is 5.97 Å². The van der Waals surface area contributed by atoms with E-state index in [4.69, 9.17) is 19.2 Å². The molecule has 2 heterocycles. The number of thiazole rings is 1. The molecule has 8 nitrogen and oxygen atoms in total. The van der Waals surface area contributed by atoms with Gasteiger partial charge in [-0.15, -0.1) is 0 Å². The van der Waals surface area contributed by atoms with Crippen molar-refractivity contribution in [2.45, 2.75) is 32.7 Å². The van der Waals surface area contributed by atoms with Crippen molar-refractivity contribution >= 4 is 34.2 Å². The molecule has 0 aliphatic carbocycles. The Morgan fingerprint density at radius 1 is 1.07 bits per heavy atom. The number of allylic oxidation sites excluding steroid dienone is 1. The van der Waals surface area contributed by atoms with E-state index in [-0.39, 0.29) is 17.9 Å². The zero-order valence-corrected chi connectivity index (χ0v) is 23.6. The lowest BCUT2D eigenvalue weighted by atomic mass is 9.90. The number of fused-ring (bicyclic) bond motifs is 2. The molecule has 1 aliphatic rings. The molecule has 0 saturated carbocycles. The maximum absolute atomic E-state index is 14.1. The van der Waals surface area contributed by atoms with Crippen LogP contribution in [0.15, 0.2) is 75.7 Å². The van der Waals surface area contributed by atoms with Crippen LogP contribution < -0.4 is 24.4 Å². The molecule has 206 valence electrons. The maximum Gasteiger partial charge on any atom is 0.338 e. The number of benzene rings is 3. The second-order valence-corrected chi connectivity index (χ2v) is 10.3. The molecule has 9 heteroatoms. The van der Waals surface area contributed by atoms with E-state index in [0.29, 0.717) is 49.7 Å². The van der Waals surface area contributed by atoms with Gasteiger partial charge in [0.15, 0.2) is 16.3 Å². The number of hydrogen-bond acceptors (Lipinski definition) is 8. The monoisotopic (exact) mass is 558 g/mol. The van der Waals surface area contributed by atoms with E-state index in [9.17, 15) is 14.7 Å². The van der Waals surface area contributed by atoms with Crippen molar-refractivity contribution in [3.8, 4) is 17.2 Å². The topological polar surface area (TPSA) is 99.4 Å². The van der Waals surface area contributed by atoms with Gasteiger partial charge in [0, 0.05) is 5.56 Å². The molecule has 0 amide bonds. The summed E-state index contributed by atoms with van der Waals surface area (Å²) in [6.07, 6.45) is 2.99. The number of esters is 1. The van der Waals surface area contributed by atoms with E-state index in [1.54, 1.807) is 36.8 Å². The van der Waals surface area contributed by atoms with Crippen LogP contribution in [0.1, 0.15) is 43.9 Å². The van der Waals surface area contributed by atoms with Gasteiger partial charge in [-0.25, -0.2) is 9.79 Å². The lowest BCUT2D eigenvalue weighted by Gasteiger charge is -2.28. The number of hydrogen-bond donors (Lipinski definition) is 1. The second-order valence-electron chi connectivity index (χ2n) is 9.25. The fourth-order valence-corrected chi connectivity index (χ4v) is 6.10. The summed E-state index contributed by atoms with van der Waals surface area (Å²) in [5.41, 5.74) is 1.94. The zero-order chi connectivity index (χ0) is 28.4. The predicted molar refractivity (Wildman–Crippen MR) is 155 cm³/mol. The number of phenols is 1. The van der Waals surface area contributed by atoms with E-state index < -0.39 is 12.0 Å². The number of phenolic OH excluding ortho intramolecular Hbond substituents is 1. The largest absolute Gasteiger partial charge is 0.504 e. The number of rotatable bonds is 8. The third-order valence-electron chi connectivity index (χ3n) is 6.82. The molecule has 5 rings (SSSR count). The lowest BCUT2D eigenvalue weighted by Crippen LogP contribution is -2.40. The van der Waals surface area contributed by atoms with Gasteiger partial charge in [0.1, 0.15) is 11.8 Å². The first kappa shape index (κ1) is 27.2. The Bertz CT molecular complexity index is 1820. The summed E-state index contributed by atoms with van der Waals surface area (Å²) in [6, 6.07) is 15.7. The first-order valence-corrected chi connectivity index (χ1v) is 13.9. The molecular formula is C31H30N2O6S. The molecule has 0 radical (unpaired) electrons. The molecule has 3 aromatic carbocycles. The van der Waals surface area contributed by atoms with Crippen molar-refractivity contribution in [1.82, 2.24) is 4.57 Å². The van der Waals surface area contributed by atoms with Gasteiger partial charge in [0.05, 0.1) is 36.6 Å². The van der Waals surface area contributed by atoms with Crippen LogP contribution in [0, 0.1) is 0 Å². The minimum Gasteiger partial charge on any atom is -0.504 e. The quantitative estimate of drug-likeness (QED) is 0.321. The van der Waals surface area contributed by atoms with Crippen molar-refractivity contribution < 1.29 is 24.1 Å². The predicted octanol–water partition coefficient (Wildman–Crippen LogP) is 4.45. The Morgan fingerprint density at radius 2 is 1.82 bits per heavy atom. The number of aromatic nitrogens is 1. The normalized spacial score (nSPS) is 15.1. The van der Waals surface area contributed by atoms with Gasteiger partial charge in [-0.05, 0) is 54.0 Å². The zero-order valence-electron chi connectivity index (χ0n) is 22.8. The van der Waals surface area contributed by atoms with Crippen LogP contribution in [0.5, 0.6) is 17.2 Å². The Hall–Kier alpha value is -4.37. The molecule has 0 saturated heterocycles. The van der Waals surface area contributed by atoms with Gasteiger partial charge in [-0.1, -0.05) is 61.1 Å². The fourth-order valence-electron chi connectivity index (χ4n) is 5.08. The van der Waals surface area contributed by atoms with Gasteiger partial charge in [0.25, 0.3) is 5.56 Å². The number of carbonyl (C=O) groups is 1. The summed E-state index contributed by atoms with van der Waals surface area (Å²) < 4.78 is 18.5. The Balaban J connectivity index is 1.85. The first-order chi connectivity index (χ1) is 19.4. The highest BCUT2D eigenvalue weighted by Crippen LogP contribution is 2.41. The molecular weight excluding hydrogens is 528 g/mol. The minimum absolute atomic E-state index is 0.0303. The maximum atomic E-state index is 14.1. The van der Waals surface area contributed by atoms with Crippen LogP contribution in [0.2, 0.25) is 0 Å². The Morgan fingerprint density at radius 3 is 2.52 bits per heavy atom. The summed E-state index contributed by atoms with van der Waals surface area (Å²) >= 11 is 1.23. The minimum atomic E-state index is -0.815. The van der Waals surface area contributed by atoms with Crippen LogP contribution in [0.3, 0.4) is 0 Å². The number of nitrogens with zero attached hydrogens (tertiary/aromatic N) is 2. The van der Waals surface area contributed by atoms with Crippen molar-refractivity contribution in [3.63, 3.8) is 0 Å². The highest BCUT2D eigenvalue weighted by molar-refractivity contribution is 7.07. The standard InChI is InChI=1S/C31H30N2O6S/c1-5-9-21-27(30(36)39-6-2)28(26-20-11-8-7-10-19(20)13-15-24(26)38-4)33-29(35)25(40-31(33)32-21)17-18-12-14-23(37-3)22(34)16-18/h7-8,10-17,28,34H,5-6,9H2,1-4H3/b25-17-/t28-/m0/s1. The first-order valence-electron chi connectivity index (χ1n) is 13.1. The van der Waals surface area contributed by atoms with E-state index in [1.807, 2.05) is 43.3 Å². The van der Waals surface area contributed by atoms with Crippen LogP contribution in [0.4, 0.5) is 0 Å². The summed E-state index contributed by atoms with van der Waals surface area (Å²) in [5, 5.41) is 12.1. The summed E-state index contributed by atoms with van der Waals surface area (Å²) in [6.45, 7) is 3.96. The number of aromatic hydroxyl groups is 1. The van der Waals surface area contributed by atoms with Crippen LogP contribution >= 0.6 is 11.3 Å². The molecule has 0 bridgehead atoms. The van der Waals surface area contributed by atoms with Crippen molar-refractivity contribution in [3.05, 3.63) is 96.7 Å². The van der Waals surface area contributed by atoms with Gasteiger partial charge in [0.2, 0.25) is 0 Å². The second kappa shape index (κ2) is 11.4. The van der Waals surface area contributed by atoms with E-state index >= 15 is 0 Å². The lowest BCUT2D eigenvalue weighted by molar-refractivity contribution is -0.139. The molecule has 0 fully saturated rings. The highest BCUT2D eigenvalue weighted by Gasteiger charge is 2.37. The third-order valence-corrected chi connectivity index (χ3v) is 7.80. The molecule has 1 aliphatic heterocycles. The van der Waals surface area contributed by atoms with E-state index in [0.717, 1.165) is 17.2 Å². The third kappa shape index (κ3) is 4.77. The van der Waals surface area contributed by atoms with Gasteiger partial charge in [-0.3, -0.25) is 9.36 Å². The molecule has 40 heavy (non-hydrogen) atoms. The van der Waals surface area contributed by atoms with Crippen LogP contribution in [-0.2, 0) is 9.53 Å². The van der Waals surface area contributed by atoms with Crippen molar-refractivity contribution in [1.29, 1.82) is 0 Å². The Labute approximate surface area is 235 Å².